The van der Waals surface area contributed by atoms with E-state index in [2.05, 4.69) is 47.1 Å². The summed E-state index contributed by atoms with van der Waals surface area (Å²) in [5.74, 6) is 0.839. The summed E-state index contributed by atoms with van der Waals surface area (Å²) in [5, 5.41) is 4.10. The summed E-state index contributed by atoms with van der Waals surface area (Å²) in [6.07, 6.45) is 5.26. The second kappa shape index (κ2) is 10.7. The SMILES string of the molecule is CCCCCNC(=O)c1cc2c(OCC)cccc2n1CCCc1ccccc1. The smallest absolute Gasteiger partial charge is 0.267 e. The van der Waals surface area contributed by atoms with Gasteiger partial charge in [-0.25, -0.2) is 0 Å². The lowest BCUT2D eigenvalue weighted by atomic mass is 10.1. The van der Waals surface area contributed by atoms with Crippen LogP contribution < -0.4 is 10.1 Å². The zero-order valence-electron chi connectivity index (χ0n) is 17.6. The topological polar surface area (TPSA) is 43.3 Å². The molecule has 1 amide bonds. The van der Waals surface area contributed by atoms with Crippen molar-refractivity contribution in [1.82, 2.24) is 9.88 Å². The second-order valence-electron chi connectivity index (χ2n) is 7.36. The van der Waals surface area contributed by atoms with Crippen LogP contribution in [0, 0.1) is 0 Å². The Labute approximate surface area is 173 Å². The van der Waals surface area contributed by atoms with E-state index in [0.717, 1.165) is 67.5 Å². The highest BCUT2D eigenvalue weighted by atomic mass is 16.5. The van der Waals surface area contributed by atoms with Crippen molar-refractivity contribution in [3.63, 3.8) is 0 Å². The third-order valence-corrected chi connectivity index (χ3v) is 5.19. The molecular weight excluding hydrogens is 360 g/mol. The molecule has 3 aromatic rings. The molecule has 0 aliphatic carbocycles. The lowest BCUT2D eigenvalue weighted by molar-refractivity contribution is 0.0944. The number of benzene rings is 2. The van der Waals surface area contributed by atoms with Gasteiger partial charge in [-0.05, 0) is 49.9 Å². The summed E-state index contributed by atoms with van der Waals surface area (Å²) < 4.78 is 7.96. The molecule has 0 spiro atoms. The number of carbonyl (C=O) groups excluding carboxylic acids is 1. The second-order valence-corrected chi connectivity index (χ2v) is 7.36. The molecule has 0 saturated carbocycles. The Morgan fingerprint density at radius 2 is 1.83 bits per heavy atom. The first-order valence-corrected chi connectivity index (χ1v) is 10.8. The number of hydrogen-bond donors (Lipinski definition) is 1. The van der Waals surface area contributed by atoms with Gasteiger partial charge in [0, 0.05) is 18.5 Å². The third kappa shape index (κ3) is 5.41. The Morgan fingerprint density at radius 3 is 2.59 bits per heavy atom. The van der Waals surface area contributed by atoms with Crippen molar-refractivity contribution in [2.75, 3.05) is 13.2 Å². The van der Waals surface area contributed by atoms with Crippen molar-refractivity contribution in [2.24, 2.45) is 0 Å². The van der Waals surface area contributed by atoms with Crippen molar-refractivity contribution in [3.8, 4) is 5.75 Å². The summed E-state index contributed by atoms with van der Waals surface area (Å²) in [7, 11) is 0. The Morgan fingerprint density at radius 1 is 1.00 bits per heavy atom. The van der Waals surface area contributed by atoms with E-state index in [1.807, 2.05) is 31.2 Å². The van der Waals surface area contributed by atoms with Gasteiger partial charge in [0.25, 0.3) is 5.91 Å². The summed E-state index contributed by atoms with van der Waals surface area (Å²) in [6.45, 7) is 6.28. The van der Waals surface area contributed by atoms with Gasteiger partial charge in [-0.1, -0.05) is 56.2 Å². The maximum absolute atomic E-state index is 12.9. The molecule has 0 atom stereocenters. The van der Waals surface area contributed by atoms with Gasteiger partial charge in [0.05, 0.1) is 12.1 Å². The zero-order valence-corrected chi connectivity index (χ0v) is 17.6. The van der Waals surface area contributed by atoms with Crippen LogP contribution in [-0.4, -0.2) is 23.6 Å². The van der Waals surface area contributed by atoms with E-state index in [9.17, 15) is 4.79 Å². The molecule has 1 heterocycles. The average Bonchev–Trinajstić information content (AvgIpc) is 3.12. The number of unbranched alkanes of at least 4 members (excludes halogenated alkanes) is 2. The quantitative estimate of drug-likeness (QED) is 0.432. The van der Waals surface area contributed by atoms with Crippen molar-refractivity contribution in [2.45, 2.75) is 52.5 Å². The molecule has 29 heavy (non-hydrogen) atoms. The van der Waals surface area contributed by atoms with Gasteiger partial charge < -0.3 is 14.6 Å². The van der Waals surface area contributed by atoms with E-state index < -0.39 is 0 Å². The van der Waals surface area contributed by atoms with Crippen LogP contribution in [0.5, 0.6) is 5.75 Å². The molecule has 154 valence electrons. The molecule has 4 nitrogen and oxygen atoms in total. The maximum Gasteiger partial charge on any atom is 0.267 e. The lowest BCUT2D eigenvalue weighted by Crippen LogP contribution is -2.27. The Kier molecular flexibility index (Phi) is 7.74. The van der Waals surface area contributed by atoms with Crippen LogP contribution in [0.1, 0.15) is 55.6 Å². The van der Waals surface area contributed by atoms with Crippen LogP contribution >= 0.6 is 0 Å². The summed E-state index contributed by atoms with van der Waals surface area (Å²) in [6, 6.07) is 18.5. The standard InChI is InChI=1S/C25H32N2O2/c1-3-5-9-17-26-25(28)23-19-21-22(15-10-16-24(21)29-4-2)27(23)18-11-14-20-12-7-6-8-13-20/h6-8,10,12-13,15-16,19H,3-5,9,11,14,17-18H2,1-2H3,(H,26,28). The predicted octanol–water partition coefficient (Wildman–Crippen LogP) is 5.59. The number of ether oxygens (including phenoxy) is 1. The molecule has 0 radical (unpaired) electrons. The minimum atomic E-state index is -0.000498. The van der Waals surface area contributed by atoms with Gasteiger partial charge in [0.15, 0.2) is 0 Å². The predicted molar refractivity (Wildman–Crippen MR) is 120 cm³/mol. The molecule has 0 fully saturated rings. The van der Waals surface area contributed by atoms with Crippen LogP contribution in [0.2, 0.25) is 0 Å². The van der Waals surface area contributed by atoms with E-state index in [1.54, 1.807) is 0 Å². The first kappa shape index (κ1) is 21.0. The summed E-state index contributed by atoms with van der Waals surface area (Å²) in [4.78, 5) is 12.9. The Balaban J connectivity index is 1.83. The van der Waals surface area contributed by atoms with E-state index in [-0.39, 0.29) is 5.91 Å². The first-order chi connectivity index (χ1) is 14.2. The molecular formula is C25H32N2O2. The van der Waals surface area contributed by atoms with Crippen LogP contribution in [0.25, 0.3) is 10.9 Å². The minimum Gasteiger partial charge on any atom is -0.493 e. The van der Waals surface area contributed by atoms with Gasteiger partial charge in [0.2, 0.25) is 0 Å². The van der Waals surface area contributed by atoms with Crippen LogP contribution in [0.4, 0.5) is 0 Å². The number of nitrogens with one attached hydrogen (secondary N) is 1. The number of amides is 1. The highest BCUT2D eigenvalue weighted by molar-refractivity contribution is 6.00. The summed E-state index contributed by atoms with van der Waals surface area (Å²) >= 11 is 0. The molecule has 3 rings (SSSR count). The minimum absolute atomic E-state index is 0.000498. The van der Waals surface area contributed by atoms with E-state index >= 15 is 0 Å². The first-order valence-electron chi connectivity index (χ1n) is 10.8. The molecule has 4 heteroatoms. The molecule has 0 saturated heterocycles. The number of aryl methyl sites for hydroxylation is 2. The van der Waals surface area contributed by atoms with Crippen molar-refractivity contribution in [3.05, 3.63) is 65.9 Å². The monoisotopic (exact) mass is 392 g/mol. The van der Waals surface area contributed by atoms with E-state index in [4.69, 9.17) is 4.74 Å². The number of fused-ring (bicyclic) bond motifs is 1. The number of nitrogens with zero attached hydrogens (tertiary/aromatic N) is 1. The fraction of sp³-hybridized carbons (Fsp3) is 0.400. The fourth-order valence-corrected chi connectivity index (χ4v) is 3.72. The largest absolute Gasteiger partial charge is 0.493 e. The molecule has 0 aliphatic heterocycles. The van der Waals surface area contributed by atoms with E-state index in [0.29, 0.717) is 6.61 Å². The van der Waals surface area contributed by atoms with E-state index in [1.165, 1.54) is 5.56 Å². The van der Waals surface area contributed by atoms with Crippen LogP contribution in [0.3, 0.4) is 0 Å². The van der Waals surface area contributed by atoms with Gasteiger partial charge >= 0.3 is 0 Å². The fourth-order valence-electron chi connectivity index (χ4n) is 3.72. The molecule has 2 aromatic carbocycles. The van der Waals surface area contributed by atoms with Crippen LogP contribution in [0.15, 0.2) is 54.6 Å². The number of carbonyl (C=O) groups is 1. The van der Waals surface area contributed by atoms with Crippen molar-refractivity contribution in [1.29, 1.82) is 0 Å². The number of rotatable bonds is 11. The Hall–Kier alpha value is -2.75. The molecule has 0 unspecified atom stereocenters. The van der Waals surface area contributed by atoms with Crippen molar-refractivity contribution >= 4 is 16.8 Å². The average molecular weight is 393 g/mol. The maximum atomic E-state index is 12.9. The number of hydrogen-bond acceptors (Lipinski definition) is 2. The van der Waals surface area contributed by atoms with Crippen molar-refractivity contribution < 1.29 is 9.53 Å². The molecule has 1 N–H and O–H groups in total. The molecule has 0 aliphatic rings. The summed E-state index contributed by atoms with van der Waals surface area (Å²) in [5.41, 5.74) is 3.10. The van der Waals surface area contributed by atoms with Gasteiger partial charge in [0.1, 0.15) is 11.4 Å². The normalized spacial score (nSPS) is 11.0. The highest BCUT2D eigenvalue weighted by Crippen LogP contribution is 2.29. The molecule has 1 aromatic heterocycles. The van der Waals surface area contributed by atoms with Gasteiger partial charge in [-0.15, -0.1) is 0 Å². The highest BCUT2D eigenvalue weighted by Gasteiger charge is 2.17. The molecule has 0 bridgehead atoms. The zero-order chi connectivity index (χ0) is 20.5. The lowest BCUT2D eigenvalue weighted by Gasteiger charge is -2.12. The third-order valence-electron chi connectivity index (χ3n) is 5.19. The Bertz CT molecular complexity index is 915. The number of aromatic nitrogens is 1. The van der Waals surface area contributed by atoms with Crippen LogP contribution in [-0.2, 0) is 13.0 Å². The van der Waals surface area contributed by atoms with Gasteiger partial charge in [-0.2, -0.15) is 0 Å². The van der Waals surface area contributed by atoms with Gasteiger partial charge in [-0.3, -0.25) is 4.79 Å².